The van der Waals surface area contributed by atoms with Crippen LogP contribution in [0.25, 0.3) is 17.3 Å². The van der Waals surface area contributed by atoms with Gasteiger partial charge in [0, 0.05) is 31.5 Å². The molecule has 9 heteroatoms. The average molecular weight is 355 g/mol. The highest BCUT2D eigenvalue weighted by Crippen LogP contribution is 2.19. The number of ether oxygens (including phenoxy) is 1. The summed E-state index contributed by atoms with van der Waals surface area (Å²) in [6, 6.07) is 5.73. The number of rotatable bonds is 4. The molecule has 9 nitrogen and oxygen atoms in total. The average Bonchev–Trinajstić information content (AvgIpc) is 3.29. The molecule has 3 aromatic rings. The lowest BCUT2D eigenvalue weighted by Gasteiger charge is -2.23. The number of morpholine rings is 1. The summed E-state index contributed by atoms with van der Waals surface area (Å²) >= 11 is 0. The van der Waals surface area contributed by atoms with Crippen molar-refractivity contribution >= 4 is 0 Å². The van der Waals surface area contributed by atoms with Gasteiger partial charge in [-0.05, 0) is 26.0 Å². The molecule has 1 saturated heterocycles. The first-order chi connectivity index (χ1) is 12.6. The first kappa shape index (κ1) is 16.7. The topological polar surface area (TPSA) is 91.8 Å². The van der Waals surface area contributed by atoms with Crippen LogP contribution in [0.15, 0.2) is 41.7 Å². The SMILES string of the molecule is CC(C)n1cnnc1-c1cccc(-n2ccn(C3CNCCO3)c2=O)n1. The van der Waals surface area contributed by atoms with E-state index in [2.05, 4.69) is 34.3 Å². The van der Waals surface area contributed by atoms with E-state index in [0.717, 1.165) is 6.54 Å². The number of pyridine rings is 1. The molecule has 4 heterocycles. The van der Waals surface area contributed by atoms with Gasteiger partial charge in [0.05, 0.1) is 6.61 Å². The zero-order chi connectivity index (χ0) is 18.1. The van der Waals surface area contributed by atoms with E-state index in [1.54, 1.807) is 29.4 Å². The van der Waals surface area contributed by atoms with Gasteiger partial charge in [0.15, 0.2) is 12.1 Å². The van der Waals surface area contributed by atoms with Crippen molar-refractivity contribution in [2.24, 2.45) is 0 Å². The van der Waals surface area contributed by atoms with E-state index in [4.69, 9.17) is 4.74 Å². The third kappa shape index (κ3) is 2.95. The quantitative estimate of drug-likeness (QED) is 0.750. The van der Waals surface area contributed by atoms with Crippen LogP contribution in [0.4, 0.5) is 0 Å². The van der Waals surface area contributed by atoms with E-state index >= 15 is 0 Å². The lowest BCUT2D eigenvalue weighted by Crippen LogP contribution is -2.40. The van der Waals surface area contributed by atoms with Gasteiger partial charge in [-0.15, -0.1) is 10.2 Å². The Morgan fingerprint density at radius 3 is 2.96 bits per heavy atom. The van der Waals surface area contributed by atoms with Gasteiger partial charge in [0.25, 0.3) is 0 Å². The van der Waals surface area contributed by atoms with Crippen LogP contribution >= 0.6 is 0 Å². The van der Waals surface area contributed by atoms with E-state index in [-0.39, 0.29) is 18.0 Å². The molecule has 4 rings (SSSR count). The molecule has 0 aliphatic carbocycles. The van der Waals surface area contributed by atoms with Crippen LogP contribution in [0.5, 0.6) is 0 Å². The number of nitrogens with zero attached hydrogens (tertiary/aromatic N) is 6. The van der Waals surface area contributed by atoms with Gasteiger partial charge in [-0.2, -0.15) is 0 Å². The molecule has 0 radical (unpaired) electrons. The summed E-state index contributed by atoms with van der Waals surface area (Å²) in [5, 5.41) is 11.4. The first-order valence-corrected chi connectivity index (χ1v) is 8.64. The monoisotopic (exact) mass is 355 g/mol. The molecule has 0 aromatic carbocycles. The Hall–Kier alpha value is -2.78. The highest BCUT2D eigenvalue weighted by atomic mass is 16.5. The van der Waals surface area contributed by atoms with Gasteiger partial charge in [-0.25, -0.2) is 9.78 Å². The van der Waals surface area contributed by atoms with Gasteiger partial charge in [0.1, 0.15) is 17.8 Å². The van der Waals surface area contributed by atoms with Gasteiger partial charge in [-0.3, -0.25) is 9.13 Å². The number of nitrogens with one attached hydrogen (secondary N) is 1. The van der Waals surface area contributed by atoms with Crippen LogP contribution < -0.4 is 11.0 Å². The normalized spacial score (nSPS) is 17.7. The molecule has 0 saturated carbocycles. The van der Waals surface area contributed by atoms with E-state index in [1.165, 1.54) is 4.57 Å². The standard InChI is InChI=1S/C17H21N7O2/c1-12(2)24-11-19-21-16(24)13-4-3-5-14(20-13)22-7-8-23(17(22)25)15-10-18-6-9-26-15/h3-5,7-8,11-12,15,18H,6,9-10H2,1-2H3. The Labute approximate surface area is 150 Å². The minimum absolute atomic E-state index is 0.186. The molecule has 0 spiro atoms. The van der Waals surface area contributed by atoms with Crippen LogP contribution in [0.2, 0.25) is 0 Å². The van der Waals surface area contributed by atoms with Gasteiger partial charge < -0.3 is 14.6 Å². The van der Waals surface area contributed by atoms with Crippen molar-refractivity contribution in [2.75, 3.05) is 19.7 Å². The largest absolute Gasteiger partial charge is 0.355 e. The fourth-order valence-corrected chi connectivity index (χ4v) is 3.00. The molecule has 0 bridgehead atoms. The lowest BCUT2D eigenvalue weighted by molar-refractivity contribution is -0.0216. The Morgan fingerprint density at radius 1 is 1.31 bits per heavy atom. The third-order valence-corrected chi connectivity index (χ3v) is 4.36. The lowest BCUT2D eigenvalue weighted by atomic mass is 10.3. The van der Waals surface area contributed by atoms with Crippen LogP contribution in [0, 0.1) is 0 Å². The molecule has 1 fully saturated rings. The highest BCUT2D eigenvalue weighted by molar-refractivity contribution is 5.51. The summed E-state index contributed by atoms with van der Waals surface area (Å²) in [5.74, 6) is 1.21. The summed E-state index contributed by atoms with van der Waals surface area (Å²) < 4.78 is 10.7. The van der Waals surface area contributed by atoms with Gasteiger partial charge >= 0.3 is 5.69 Å². The smallest absolute Gasteiger partial charge is 0.336 e. The molecular weight excluding hydrogens is 334 g/mol. The third-order valence-electron chi connectivity index (χ3n) is 4.36. The number of hydrogen-bond donors (Lipinski definition) is 1. The summed E-state index contributed by atoms with van der Waals surface area (Å²) in [5.41, 5.74) is 0.484. The second-order valence-corrected chi connectivity index (χ2v) is 6.42. The van der Waals surface area contributed by atoms with Crippen molar-refractivity contribution in [2.45, 2.75) is 26.1 Å². The summed E-state index contributed by atoms with van der Waals surface area (Å²) in [7, 11) is 0. The summed E-state index contributed by atoms with van der Waals surface area (Å²) in [4.78, 5) is 17.4. The fourth-order valence-electron chi connectivity index (χ4n) is 3.00. The maximum atomic E-state index is 12.8. The molecule has 1 atom stereocenters. The van der Waals surface area contributed by atoms with Gasteiger partial charge in [-0.1, -0.05) is 6.07 Å². The van der Waals surface area contributed by atoms with E-state index in [0.29, 0.717) is 30.5 Å². The minimum atomic E-state index is -0.301. The van der Waals surface area contributed by atoms with E-state index < -0.39 is 0 Å². The molecule has 1 aliphatic heterocycles. The summed E-state index contributed by atoms with van der Waals surface area (Å²) in [6.45, 7) is 6.10. The second kappa shape index (κ2) is 6.85. The molecule has 1 N–H and O–H groups in total. The second-order valence-electron chi connectivity index (χ2n) is 6.42. The summed E-state index contributed by atoms with van der Waals surface area (Å²) in [6.07, 6.45) is 4.82. The van der Waals surface area contributed by atoms with Crippen molar-refractivity contribution in [3.8, 4) is 17.3 Å². The number of aromatic nitrogens is 6. The van der Waals surface area contributed by atoms with Crippen molar-refractivity contribution in [1.29, 1.82) is 0 Å². The Kier molecular flexibility index (Phi) is 4.39. The van der Waals surface area contributed by atoms with Crippen molar-refractivity contribution in [3.63, 3.8) is 0 Å². The fraction of sp³-hybridized carbons (Fsp3) is 0.412. The predicted molar refractivity (Wildman–Crippen MR) is 95.1 cm³/mol. The van der Waals surface area contributed by atoms with Crippen molar-refractivity contribution < 1.29 is 4.74 Å². The van der Waals surface area contributed by atoms with Gasteiger partial charge in [0.2, 0.25) is 0 Å². The molecule has 1 unspecified atom stereocenters. The number of imidazole rings is 1. The minimum Gasteiger partial charge on any atom is -0.355 e. The molecule has 26 heavy (non-hydrogen) atoms. The molecular formula is C17H21N7O2. The molecule has 1 aliphatic rings. The zero-order valence-electron chi connectivity index (χ0n) is 14.7. The zero-order valence-corrected chi connectivity index (χ0v) is 14.7. The Morgan fingerprint density at radius 2 is 2.19 bits per heavy atom. The van der Waals surface area contributed by atoms with Crippen LogP contribution in [0.3, 0.4) is 0 Å². The van der Waals surface area contributed by atoms with Crippen LogP contribution in [-0.4, -0.2) is 48.6 Å². The number of hydrogen-bond acceptors (Lipinski definition) is 6. The first-order valence-electron chi connectivity index (χ1n) is 8.64. The highest BCUT2D eigenvalue weighted by Gasteiger charge is 2.19. The predicted octanol–water partition coefficient (Wildman–Crippen LogP) is 0.992. The van der Waals surface area contributed by atoms with E-state index in [9.17, 15) is 4.79 Å². The molecule has 3 aromatic heterocycles. The van der Waals surface area contributed by atoms with Crippen LogP contribution in [-0.2, 0) is 4.74 Å². The van der Waals surface area contributed by atoms with Crippen molar-refractivity contribution in [1.82, 2.24) is 34.2 Å². The van der Waals surface area contributed by atoms with Crippen LogP contribution in [0.1, 0.15) is 26.1 Å². The van der Waals surface area contributed by atoms with Crippen molar-refractivity contribution in [3.05, 3.63) is 47.4 Å². The molecule has 136 valence electrons. The molecule has 0 amide bonds. The Bertz CT molecular complexity index is 950. The van der Waals surface area contributed by atoms with E-state index in [1.807, 2.05) is 16.7 Å². The maximum Gasteiger partial charge on any atom is 0.336 e. The Balaban J connectivity index is 1.70. The maximum absolute atomic E-state index is 12.8.